The lowest BCUT2D eigenvalue weighted by molar-refractivity contribution is 0.0939. The molecule has 6 heteroatoms. The van der Waals surface area contributed by atoms with Crippen molar-refractivity contribution in [3.8, 4) is 16.9 Å². The van der Waals surface area contributed by atoms with E-state index in [0.717, 1.165) is 22.3 Å². The number of benzene rings is 2. The third-order valence-corrected chi connectivity index (χ3v) is 4.33. The first-order valence-electron chi connectivity index (χ1n) is 7.30. The molecule has 0 atom stereocenters. The standard InChI is InChI=1S/C17H17O5P/c1-10(2)17(18)11-3-5-15-12(7-11)8-13-9-14(4-6-16(13)15)22-23(19,20)21/h3-7,9-10H,8H2,1-2H3,(H2,19,20,21). The molecule has 2 aromatic carbocycles. The summed E-state index contributed by atoms with van der Waals surface area (Å²) in [6, 6.07) is 10.6. The van der Waals surface area contributed by atoms with Crippen molar-refractivity contribution >= 4 is 13.6 Å². The molecule has 0 fully saturated rings. The Morgan fingerprint density at radius 2 is 1.70 bits per heavy atom. The Morgan fingerprint density at radius 1 is 1.09 bits per heavy atom. The van der Waals surface area contributed by atoms with Gasteiger partial charge in [-0.1, -0.05) is 32.0 Å². The molecule has 0 saturated carbocycles. The highest BCUT2D eigenvalue weighted by molar-refractivity contribution is 7.46. The molecule has 23 heavy (non-hydrogen) atoms. The summed E-state index contributed by atoms with van der Waals surface area (Å²) >= 11 is 0. The predicted molar refractivity (Wildman–Crippen MR) is 86.5 cm³/mol. The number of ketones is 1. The number of carbonyl (C=O) groups excluding carboxylic acids is 1. The minimum absolute atomic E-state index is 0.0555. The van der Waals surface area contributed by atoms with Crippen LogP contribution in [0.4, 0.5) is 0 Å². The second-order valence-electron chi connectivity index (χ2n) is 5.97. The van der Waals surface area contributed by atoms with Crippen LogP contribution in [-0.2, 0) is 11.0 Å². The van der Waals surface area contributed by atoms with Gasteiger partial charge in [0.15, 0.2) is 5.78 Å². The molecule has 120 valence electrons. The molecule has 0 bridgehead atoms. The summed E-state index contributed by atoms with van der Waals surface area (Å²) in [5.41, 5.74) is 4.71. The lowest BCUT2D eigenvalue weighted by Gasteiger charge is -2.08. The number of hydrogen-bond acceptors (Lipinski definition) is 3. The quantitative estimate of drug-likeness (QED) is 0.564. The van der Waals surface area contributed by atoms with Crippen LogP contribution in [0.5, 0.6) is 5.75 Å². The van der Waals surface area contributed by atoms with Crippen molar-refractivity contribution in [2.75, 3.05) is 0 Å². The highest BCUT2D eigenvalue weighted by Crippen LogP contribution is 2.42. The third-order valence-electron chi connectivity index (χ3n) is 3.89. The van der Waals surface area contributed by atoms with Gasteiger partial charge in [-0.05, 0) is 46.9 Å². The highest BCUT2D eigenvalue weighted by atomic mass is 31.2. The fourth-order valence-corrected chi connectivity index (χ4v) is 3.26. The molecule has 0 spiro atoms. The molecule has 0 aromatic heterocycles. The van der Waals surface area contributed by atoms with Gasteiger partial charge in [0.1, 0.15) is 5.75 Å². The zero-order valence-corrected chi connectivity index (χ0v) is 13.7. The van der Waals surface area contributed by atoms with Gasteiger partial charge in [-0.25, -0.2) is 4.57 Å². The van der Waals surface area contributed by atoms with Gasteiger partial charge in [0.05, 0.1) is 0 Å². The van der Waals surface area contributed by atoms with E-state index < -0.39 is 7.82 Å². The van der Waals surface area contributed by atoms with Gasteiger partial charge in [-0.15, -0.1) is 0 Å². The fraction of sp³-hybridized carbons (Fsp3) is 0.235. The molecule has 0 radical (unpaired) electrons. The molecule has 0 unspecified atom stereocenters. The Kier molecular flexibility index (Phi) is 3.88. The van der Waals surface area contributed by atoms with E-state index >= 15 is 0 Å². The van der Waals surface area contributed by atoms with Gasteiger partial charge < -0.3 is 4.52 Å². The van der Waals surface area contributed by atoms with Crippen molar-refractivity contribution in [2.24, 2.45) is 5.92 Å². The van der Waals surface area contributed by atoms with Crippen molar-refractivity contribution in [1.29, 1.82) is 0 Å². The molecule has 0 heterocycles. The molecule has 3 rings (SSSR count). The van der Waals surface area contributed by atoms with Gasteiger partial charge in [-0.2, -0.15) is 0 Å². The number of rotatable bonds is 4. The van der Waals surface area contributed by atoms with Crippen molar-refractivity contribution in [3.05, 3.63) is 53.1 Å². The van der Waals surface area contributed by atoms with E-state index in [1.165, 1.54) is 0 Å². The van der Waals surface area contributed by atoms with Crippen LogP contribution in [0.25, 0.3) is 11.1 Å². The first-order valence-corrected chi connectivity index (χ1v) is 8.83. The summed E-state index contributed by atoms with van der Waals surface area (Å²) in [5, 5.41) is 0. The summed E-state index contributed by atoms with van der Waals surface area (Å²) in [6.45, 7) is 3.74. The summed E-state index contributed by atoms with van der Waals surface area (Å²) in [4.78, 5) is 29.9. The molecule has 0 aliphatic heterocycles. The highest BCUT2D eigenvalue weighted by Gasteiger charge is 2.23. The van der Waals surface area contributed by atoms with Crippen LogP contribution in [0, 0.1) is 5.92 Å². The first kappa shape index (κ1) is 15.9. The Labute approximate surface area is 134 Å². The number of carbonyl (C=O) groups is 1. The Bertz CT molecular complexity index is 835. The van der Waals surface area contributed by atoms with Gasteiger partial charge in [-0.3, -0.25) is 14.6 Å². The van der Waals surface area contributed by atoms with Crippen molar-refractivity contribution in [1.82, 2.24) is 0 Å². The number of phosphoric acid groups is 1. The average Bonchev–Trinajstić information content (AvgIpc) is 2.80. The summed E-state index contributed by atoms with van der Waals surface area (Å²) in [5.74, 6) is 0.192. The minimum Gasteiger partial charge on any atom is -0.404 e. The van der Waals surface area contributed by atoms with Crippen LogP contribution >= 0.6 is 7.82 Å². The average molecular weight is 332 g/mol. The number of hydrogen-bond donors (Lipinski definition) is 2. The van der Waals surface area contributed by atoms with Crippen molar-refractivity contribution < 1.29 is 23.7 Å². The van der Waals surface area contributed by atoms with Crippen molar-refractivity contribution in [2.45, 2.75) is 20.3 Å². The van der Waals surface area contributed by atoms with Crippen LogP contribution in [0.3, 0.4) is 0 Å². The zero-order valence-electron chi connectivity index (χ0n) is 12.8. The molecule has 1 aliphatic rings. The lowest BCUT2D eigenvalue weighted by Crippen LogP contribution is -2.07. The van der Waals surface area contributed by atoms with Crippen LogP contribution in [0.15, 0.2) is 36.4 Å². The van der Waals surface area contributed by atoms with E-state index in [1.807, 2.05) is 32.0 Å². The van der Waals surface area contributed by atoms with Gasteiger partial charge in [0, 0.05) is 11.5 Å². The predicted octanol–water partition coefficient (Wildman–Crippen LogP) is 3.57. The monoisotopic (exact) mass is 332 g/mol. The van der Waals surface area contributed by atoms with Gasteiger partial charge >= 0.3 is 7.82 Å². The number of Topliss-reactive ketones (excluding diaryl/α,β-unsaturated/α-hetero) is 1. The van der Waals surface area contributed by atoms with E-state index in [2.05, 4.69) is 4.52 Å². The maximum atomic E-state index is 12.1. The lowest BCUT2D eigenvalue weighted by atomic mass is 9.97. The number of fused-ring (bicyclic) bond motifs is 3. The van der Waals surface area contributed by atoms with E-state index in [-0.39, 0.29) is 17.5 Å². The van der Waals surface area contributed by atoms with Gasteiger partial charge in [0.25, 0.3) is 0 Å². The Morgan fingerprint density at radius 3 is 2.30 bits per heavy atom. The number of phosphoric ester groups is 1. The summed E-state index contributed by atoms with van der Waals surface area (Å²) < 4.78 is 15.6. The van der Waals surface area contributed by atoms with Crippen LogP contribution in [0.1, 0.15) is 35.3 Å². The Hall–Kier alpha value is -1.94. The first-order chi connectivity index (χ1) is 10.7. The SMILES string of the molecule is CC(C)C(=O)c1ccc2c(c1)Cc1cc(OP(=O)(O)O)ccc1-2. The van der Waals surface area contributed by atoms with Crippen molar-refractivity contribution in [3.63, 3.8) is 0 Å². The molecule has 2 aromatic rings. The molecule has 0 amide bonds. The molecular formula is C17H17O5P. The van der Waals surface area contributed by atoms with E-state index in [4.69, 9.17) is 9.79 Å². The normalized spacial score (nSPS) is 12.9. The smallest absolute Gasteiger partial charge is 0.404 e. The third kappa shape index (κ3) is 3.22. The van der Waals surface area contributed by atoms with Crippen LogP contribution in [0.2, 0.25) is 0 Å². The van der Waals surface area contributed by atoms with E-state index in [0.29, 0.717) is 12.0 Å². The molecule has 0 saturated heterocycles. The largest absolute Gasteiger partial charge is 0.524 e. The topological polar surface area (TPSA) is 83.8 Å². The maximum absolute atomic E-state index is 12.1. The maximum Gasteiger partial charge on any atom is 0.524 e. The second kappa shape index (κ2) is 5.60. The molecular weight excluding hydrogens is 315 g/mol. The Balaban J connectivity index is 1.94. The van der Waals surface area contributed by atoms with E-state index in [9.17, 15) is 9.36 Å². The summed E-state index contributed by atoms with van der Waals surface area (Å²) in [7, 11) is -4.56. The second-order valence-corrected chi connectivity index (χ2v) is 7.13. The van der Waals surface area contributed by atoms with Gasteiger partial charge in [0.2, 0.25) is 0 Å². The van der Waals surface area contributed by atoms with Crippen LogP contribution in [-0.4, -0.2) is 15.6 Å². The van der Waals surface area contributed by atoms with E-state index in [1.54, 1.807) is 18.2 Å². The molecule has 5 nitrogen and oxygen atoms in total. The summed E-state index contributed by atoms with van der Waals surface area (Å²) in [6.07, 6.45) is 0.613. The molecule has 1 aliphatic carbocycles. The molecule has 2 N–H and O–H groups in total. The zero-order chi connectivity index (χ0) is 16.8. The minimum atomic E-state index is -4.56. The fourth-order valence-electron chi connectivity index (χ4n) is 2.87. The van der Waals surface area contributed by atoms with Crippen LogP contribution < -0.4 is 4.52 Å².